The molecular formula is C15H25N5O. The van der Waals surface area contributed by atoms with Crippen LogP contribution >= 0.6 is 0 Å². The van der Waals surface area contributed by atoms with E-state index < -0.39 is 0 Å². The van der Waals surface area contributed by atoms with Gasteiger partial charge in [0.05, 0.1) is 0 Å². The summed E-state index contributed by atoms with van der Waals surface area (Å²) in [5.74, 6) is 2.58. The number of hydrogen-bond donors (Lipinski definition) is 3. The van der Waals surface area contributed by atoms with E-state index in [0.29, 0.717) is 13.0 Å². The lowest BCUT2D eigenvalue weighted by Gasteiger charge is -2.25. The molecule has 1 atom stereocenters. The molecule has 0 aromatic carbocycles. The van der Waals surface area contributed by atoms with Crippen molar-refractivity contribution in [1.29, 1.82) is 0 Å². The van der Waals surface area contributed by atoms with Crippen LogP contribution in [0.1, 0.15) is 46.4 Å². The fourth-order valence-corrected chi connectivity index (χ4v) is 2.19. The minimum Gasteiger partial charge on any atom is -0.370 e. The van der Waals surface area contributed by atoms with E-state index in [2.05, 4.69) is 46.7 Å². The first-order valence-corrected chi connectivity index (χ1v) is 7.55. The Kier molecular flexibility index (Phi) is 4.65. The summed E-state index contributed by atoms with van der Waals surface area (Å²) in [6.45, 7) is 9.81. The van der Waals surface area contributed by atoms with Gasteiger partial charge < -0.3 is 16.0 Å². The summed E-state index contributed by atoms with van der Waals surface area (Å²) in [6, 6.07) is 2.15. The molecule has 1 unspecified atom stereocenters. The van der Waals surface area contributed by atoms with Crippen LogP contribution in [0.2, 0.25) is 0 Å². The molecule has 1 aromatic heterocycles. The van der Waals surface area contributed by atoms with E-state index in [1.165, 1.54) is 0 Å². The molecule has 1 saturated heterocycles. The number of aromatic nitrogens is 2. The van der Waals surface area contributed by atoms with Gasteiger partial charge in [-0.05, 0) is 13.3 Å². The van der Waals surface area contributed by atoms with Gasteiger partial charge in [0.25, 0.3) is 0 Å². The Morgan fingerprint density at radius 2 is 2.05 bits per heavy atom. The molecule has 116 valence electrons. The number of amides is 1. The van der Waals surface area contributed by atoms with Crippen LogP contribution in [0.15, 0.2) is 6.07 Å². The summed E-state index contributed by atoms with van der Waals surface area (Å²) in [6.07, 6.45) is 1.40. The molecule has 1 aromatic rings. The maximum atomic E-state index is 11.2. The predicted octanol–water partition coefficient (Wildman–Crippen LogP) is 1.90. The first-order chi connectivity index (χ1) is 9.88. The van der Waals surface area contributed by atoms with Crippen molar-refractivity contribution in [3.63, 3.8) is 0 Å². The van der Waals surface area contributed by atoms with E-state index >= 15 is 0 Å². The van der Waals surface area contributed by atoms with Gasteiger partial charge in [-0.1, -0.05) is 20.8 Å². The Labute approximate surface area is 126 Å². The normalized spacial score (nSPS) is 19.0. The van der Waals surface area contributed by atoms with Gasteiger partial charge in [0.2, 0.25) is 5.91 Å². The molecule has 0 saturated carbocycles. The van der Waals surface area contributed by atoms with Crippen molar-refractivity contribution in [1.82, 2.24) is 15.3 Å². The van der Waals surface area contributed by atoms with Crippen LogP contribution in [0, 0.1) is 0 Å². The SMILES string of the molecule is CCNc1cc(NC2CCC(=O)NC2)nc(C(C)(C)C)n1. The number of anilines is 2. The molecule has 1 amide bonds. The molecule has 2 heterocycles. The first-order valence-electron chi connectivity index (χ1n) is 7.55. The maximum Gasteiger partial charge on any atom is 0.220 e. The molecule has 1 aliphatic rings. The Morgan fingerprint density at radius 1 is 1.33 bits per heavy atom. The van der Waals surface area contributed by atoms with Crippen molar-refractivity contribution < 1.29 is 4.79 Å². The Bertz CT molecular complexity index is 499. The third-order valence-corrected chi connectivity index (χ3v) is 3.37. The molecule has 21 heavy (non-hydrogen) atoms. The van der Waals surface area contributed by atoms with Crippen molar-refractivity contribution in [3.05, 3.63) is 11.9 Å². The number of nitrogens with zero attached hydrogens (tertiary/aromatic N) is 2. The molecule has 0 radical (unpaired) electrons. The van der Waals surface area contributed by atoms with Gasteiger partial charge in [-0.15, -0.1) is 0 Å². The van der Waals surface area contributed by atoms with E-state index in [4.69, 9.17) is 0 Å². The Hall–Kier alpha value is -1.85. The van der Waals surface area contributed by atoms with Crippen LogP contribution in [0.4, 0.5) is 11.6 Å². The highest BCUT2D eigenvalue weighted by molar-refractivity contribution is 5.77. The quantitative estimate of drug-likeness (QED) is 0.789. The molecule has 2 rings (SSSR count). The largest absolute Gasteiger partial charge is 0.370 e. The smallest absolute Gasteiger partial charge is 0.220 e. The predicted molar refractivity (Wildman–Crippen MR) is 84.6 cm³/mol. The molecule has 6 nitrogen and oxygen atoms in total. The van der Waals surface area contributed by atoms with Crippen LogP contribution in [-0.4, -0.2) is 35.0 Å². The highest BCUT2D eigenvalue weighted by atomic mass is 16.1. The number of carbonyl (C=O) groups excluding carboxylic acids is 1. The minimum atomic E-state index is -0.108. The minimum absolute atomic E-state index is 0.108. The van der Waals surface area contributed by atoms with Gasteiger partial charge in [-0.25, -0.2) is 9.97 Å². The average molecular weight is 291 g/mol. The topological polar surface area (TPSA) is 78.9 Å². The zero-order valence-corrected chi connectivity index (χ0v) is 13.3. The zero-order chi connectivity index (χ0) is 15.5. The summed E-state index contributed by atoms with van der Waals surface area (Å²) >= 11 is 0. The number of hydrogen-bond acceptors (Lipinski definition) is 5. The second-order valence-electron chi connectivity index (χ2n) is 6.43. The Balaban J connectivity index is 2.17. The van der Waals surface area contributed by atoms with Crippen LogP contribution in [0.5, 0.6) is 0 Å². The maximum absolute atomic E-state index is 11.2. The van der Waals surface area contributed by atoms with E-state index in [1.54, 1.807) is 0 Å². The second-order valence-corrected chi connectivity index (χ2v) is 6.43. The van der Waals surface area contributed by atoms with E-state index in [-0.39, 0.29) is 17.4 Å². The molecule has 3 N–H and O–H groups in total. The Morgan fingerprint density at radius 3 is 2.62 bits per heavy atom. The standard InChI is InChI=1S/C15H25N5O/c1-5-16-11-8-12(20-14(19-11)15(2,3)4)18-10-6-7-13(21)17-9-10/h8,10H,5-7,9H2,1-4H3,(H,17,21)(H2,16,18,19,20). The molecule has 0 aliphatic carbocycles. The average Bonchev–Trinajstić information content (AvgIpc) is 2.41. The second kappa shape index (κ2) is 6.28. The molecule has 1 fully saturated rings. The van der Waals surface area contributed by atoms with Crippen LogP contribution < -0.4 is 16.0 Å². The van der Waals surface area contributed by atoms with E-state index in [9.17, 15) is 4.79 Å². The van der Waals surface area contributed by atoms with Gasteiger partial charge in [0.15, 0.2) is 0 Å². The fraction of sp³-hybridized carbons (Fsp3) is 0.667. The highest BCUT2D eigenvalue weighted by Crippen LogP contribution is 2.23. The summed E-state index contributed by atoms with van der Waals surface area (Å²) < 4.78 is 0. The van der Waals surface area contributed by atoms with Gasteiger partial charge in [-0.3, -0.25) is 4.79 Å². The third kappa shape index (κ3) is 4.31. The lowest BCUT2D eigenvalue weighted by atomic mass is 9.96. The van der Waals surface area contributed by atoms with Crippen molar-refractivity contribution in [2.45, 2.75) is 52.0 Å². The number of piperidine rings is 1. The summed E-state index contributed by atoms with van der Waals surface area (Å²) in [5, 5.41) is 9.53. The number of carbonyl (C=O) groups is 1. The highest BCUT2D eigenvalue weighted by Gasteiger charge is 2.21. The summed E-state index contributed by atoms with van der Waals surface area (Å²) in [7, 11) is 0. The van der Waals surface area contributed by atoms with Crippen molar-refractivity contribution in [2.75, 3.05) is 23.7 Å². The van der Waals surface area contributed by atoms with Crippen LogP contribution in [0.25, 0.3) is 0 Å². The summed E-state index contributed by atoms with van der Waals surface area (Å²) in [4.78, 5) is 20.4. The van der Waals surface area contributed by atoms with Crippen molar-refractivity contribution in [2.24, 2.45) is 0 Å². The van der Waals surface area contributed by atoms with Crippen molar-refractivity contribution in [3.8, 4) is 0 Å². The summed E-state index contributed by atoms with van der Waals surface area (Å²) in [5.41, 5.74) is -0.108. The van der Waals surface area contributed by atoms with E-state index in [1.807, 2.05) is 13.0 Å². The van der Waals surface area contributed by atoms with Gasteiger partial charge in [0, 0.05) is 37.0 Å². The van der Waals surface area contributed by atoms with E-state index in [0.717, 1.165) is 30.4 Å². The first kappa shape index (κ1) is 15.5. The number of nitrogens with one attached hydrogen (secondary N) is 3. The monoisotopic (exact) mass is 291 g/mol. The van der Waals surface area contributed by atoms with Gasteiger partial charge in [-0.2, -0.15) is 0 Å². The zero-order valence-electron chi connectivity index (χ0n) is 13.3. The van der Waals surface area contributed by atoms with Crippen molar-refractivity contribution >= 4 is 17.5 Å². The molecular weight excluding hydrogens is 266 g/mol. The number of rotatable bonds is 4. The lowest BCUT2D eigenvalue weighted by Crippen LogP contribution is -2.42. The molecule has 6 heteroatoms. The van der Waals surface area contributed by atoms with Gasteiger partial charge in [0.1, 0.15) is 17.5 Å². The lowest BCUT2D eigenvalue weighted by molar-refractivity contribution is -0.122. The van der Waals surface area contributed by atoms with Crippen LogP contribution in [-0.2, 0) is 10.2 Å². The van der Waals surface area contributed by atoms with Gasteiger partial charge >= 0.3 is 0 Å². The van der Waals surface area contributed by atoms with Crippen LogP contribution in [0.3, 0.4) is 0 Å². The fourth-order valence-electron chi connectivity index (χ4n) is 2.19. The molecule has 0 spiro atoms. The molecule has 0 bridgehead atoms. The molecule has 1 aliphatic heterocycles. The third-order valence-electron chi connectivity index (χ3n) is 3.37.